The van der Waals surface area contributed by atoms with Gasteiger partial charge in [0.25, 0.3) is 0 Å². The zero-order valence-electron chi connectivity index (χ0n) is 9.83. The van der Waals surface area contributed by atoms with Crippen LogP contribution in [0.5, 0.6) is 0 Å². The molecule has 1 unspecified atom stereocenters. The van der Waals surface area contributed by atoms with E-state index in [1.807, 2.05) is 0 Å². The summed E-state index contributed by atoms with van der Waals surface area (Å²) in [7, 11) is 0. The van der Waals surface area contributed by atoms with Crippen LogP contribution < -0.4 is 5.32 Å². The highest BCUT2D eigenvalue weighted by atomic mass is 35.5. The Morgan fingerprint density at radius 3 is 2.69 bits per heavy atom. The summed E-state index contributed by atoms with van der Waals surface area (Å²) in [5, 5.41) is 3.96. The Kier molecular flexibility index (Phi) is 3.33. The van der Waals surface area contributed by atoms with Crippen LogP contribution >= 0.6 is 11.6 Å². The number of hydrogen-bond donors (Lipinski definition) is 1. The highest BCUT2D eigenvalue weighted by Gasteiger charge is 2.28. The second-order valence-electron chi connectivity index (χ2n) is 5.33. The van der Waals surface area contributed by atoms with E-state index < -0.39 is 0 Å². The molecule has 1 heterocycles. The molecule has 0 aromatic carbocycles. The van der Waals surface area contributed by atoms with Crippen LogP contribution in [0.4, 0.5) is 5.95 Å². The van der Waals surface area contributed by atoms with Gasteiger partial charge in [0, 0.05) is 6.04 Å². The van der Waals surface area contributed by atoms with Crippen molar-refractivity contribution < 1.29 is 0 Å². The topological polar surface area (TPSA) is 37.8 Å². The van der Waals surface area contributed by atoms with Crippen molar-refractivity contribution in [2.75, 3.05) is 5.32 Å². The largest absolute Gasteiger partial charge is 0.351 e. The molecule has 0 aliphatic heterocycles. The lowest BCUT2D eigenvalue weighted by Gasteiger charge is -2.35. The first kappa shape index (κ1) is 11.6. The van der Waals surface area contributed by atoms with Crippen molar-refractivity contribution >= 4 is 17.5 Å². The SMILES string of the molecule is CC1(C)CCCC(Nc2ncc(Cl)cn2)C1. The average molecular weight is 240 g/mol. The maximum Gasteiger partial charge on any atom is 0.222 e. The molecule has 88 valence electrons. The van der Waals surface area contributed by atoms with Crippen LogP contribution in [0.1, 0.15) is 39.5 Å². The van der Waals surface area contributed by atoms with Gasteiger partial charge in [0.2, 0.25) is 5.95 Å². The Morgan fingerprint density at radius 2 is 2.06 bits per heavy atom. The number of aromatic nitrogens is 2. The molecule has 1 aromatic heterocycles. The highest BCUT2D eigenvalue weighted by molar-refractivity contribution is 6.30. The molecule has 0 bridgehead atoms. The fourth-order valence-electron chi connectivity index (χ4n) is 2.39. The van der Waals surface area contributed by atoms with Gasteiger partial charge in [0.05, 0.1) is 17.4 Å². The molecule has 0 saturated heterocycles. The van der Waals surface area contributed by atoms with Crippen molar-refractivity contribution in [3.63, 3.8) is 0 Å². The maximum absolute atomic E-state index is 5.75. The summed E-state index contributed by atoms with van der Waals surface area (Å²) < 4.78 is 0. The molecular formula is C12H18ClN3. The molecule has 1 atom stereocenters. The number of nitrogens with zero attached hydrogens (tertiary/aromatic N) is 2. The molecule has 1 saturated carbocycles. The molecule has 2 rings (SSSR count). The smallest absolute Gasteiger partial charge is 0.222 e. The Bertz CT molecular complexity index is 348. The molecule has 0 amide bonds. The Hall–Kier alpha value is -0.830. The van der Waals surface area contributed by atoms with Crippen molar-refractivity contribution in [1.82, 2.24) is 9.97 Å². The molecule has 1 fully saturated rings. The van der Waals surface area contributed by atoms with Gasteiger partial charge in [-0.1, -0.05) is 31.9 Å². The van der Waals surface area contributed by atoms with Crippen molar-refractivity contribution in [2.24, 2.45) is 5.41 Å². The van der Waals surface area contributed by atoms with Crippen LogP contribution in [-0.4, -0.2) is 16.0 Å². The van der Waals surface area contributed by atoms with Gasteiger partial charge in [0.1, 0.15) is 0 Å². The lowest BCUT2D eigenvalue weighted by molar-refractivity contribution is 0.229. The predicted molar refractivity (Wildman–Crippen MR) is 66.7 cm³/mol. The van der Waals surface area contributed by atoms with Gasteiger partial charge >= 0.3 is 0 Å². The zero-order chi connectivity index (χ0) is 11.6. The van der Waals surface area contributed by atoms with E-state index in [4.69, 9.17) is 11.6 Å². The standard InChI is InChI=1S/C12H18ClN3/c1-12(2)5-3-4-10(6-12)16-11-14-7-9(13)8-15-11/h7-8,10H,3-6H2,1-2H3,(H,14,15,16). The van der Waals surface area contributed by atoms with Gasteiger partial charge in [-0.25, -0.2) is 9.97 Å². The maximum atomic E-state index is 5.75. The molecule has 1 N–H and O–H groups in total. The van der Waals surface area contributed by atoms with Crippen LogP contribution in [0.2, 0.25) is 5.02 Å². The summed E-state index contributed by atoms with van der Waals surface area (Å²) in [6.07, 6.45) is 8.23. The lowest BCUT2D eigenvalue weighted by Crippen LogP contribution is -2.32. The summed E-state index contributed by atoms with van der Waals surface area (Å²) >= 11 is 5.75. The number of halogens is 1. The summed E-state index contributed by atoms with van der Waals surface area (Å²) in [6, 6.07) is 0.491. The second kappa shape index (κ2) is 4.58. The van der Waals surface area contributed by atoms with E-state index in [0.717, 1.165) is 0 Å². The Morgan fingerprint density at radius 1 is 1.38 bits per heavy atom. The van der Waals surface area contributed by atoms with Gasteiger partial charge in [-0.3, -0.25) is 0 Å². The number of rotatable bonds is 2. The van der Waals surface area contributed by atoms with Crippen LogP contribution in [-0.2, 0) is 0 Å². The first-order valence-corrected chi connectivity index (χ1v) is 6.17. The third-order valence-corrected chi connectivity index (χ3v) is 3.35. The van der Waals surface area contributed by atoms with E-state index in [9.17, 15) is 0 Å². The fourth-order valence-corrected chi connectivity index (χ4v) is 2.49. The molecule has 0 radical (unpaired) electrons. The van der Waals surface area contributed by atoms with Gasteiger partial charge < -0.3 is 5.32 Å². The van der Waals surface area contributed by atoms with E-state index >= 15 is 0 Å². The molecule has 3 nitrogen and oxygen atoms in total. The van der Waals surface area contributed by atoms with E-state index in [2.05, 4.69) is 29.1 Å². The van der Waals surface area contributed by atoms with Crippen molar-refractivity contribution in [2.45, 2.75) is 45.6 Å². The molecule has 4 heteroatoms. The van der Waals surface area contributed by atoms with Crippen LogP contribution in [0.3, 0.4) is 0 Å². The van der Waals surface area contributed by atoms with E-state index in [1.54, 1.807) is 12.4 Å². The van der Waals surface area contributed by atoms with Crippen LogP contribution in [0, 0.1) is 5.41 Å². The third kappa shape index (κ3) is 3.08. The monoisotopic (exact) mass is 239 g/mol. The minimum Gasteiger partial charge on any atom is -0.351 e. The highest BCUT2D eigenvalue weighted by Crippen LogP contribution is 2.35. The van der Waals surface area contributed by atoms with E-state index in [-0.39, 0.29) is 0 Å². The fraction of sp³-hybridized carbons (Fsp3) is 0.667. The van der Waals surface area contributed by atoms with Gasteiger partial charge in [-0.2, -0.15) is 0 Å². The quantitative estimate of drug-likeness (QED) is 0.858. The molecule has 1 aliphatic rings. The summed E-state index contributed by atoms with van der Waals surface area (Å²) in [5.74, 6) is 0.687. The van der Waals surface area contributed by atoms with E-state index in [0.29, 0.717) is 22.4 Å². The minimum atomic E-state index is 0.433. The van der Waals surface area contributed by atoms with Crippen LogP contribution in [0.15, 0.2) is 12.4 Å². The number of hydrogen-bond acceptors (Lipinski definition) is 3. The average Bonchev–Trinajstić information content (AvgIpc) is 2.20. The van der Waals surface area contributed by atoms with Crippen molar-refractivity contribution in [3.05, 3.63) is 17.4 Å². The van der Waals surface area contributed by atoms with Gasteiger partial charge in [-0.15, -0.1) is 0 Å². The molecule has 1 aliphatic carbocycles. The summed E-state index contributed by atoms with van der Waals surface area (Å²) in [6.45, 7) is 4.65. The second-order valence-corrected chi connectivity index (χ2v) is 5.76. The third-order valence-electron chi connectivity index (χ3n) is 3.16. The summed E-state index contributed by atoms with van der Waals surface area (Å²) in [4.78, 5) is 8.33. The lowest BCUT2D eigenvalue weighted by atomic mass is 9.75. The Labute approximate surface area is 102 Å². The number of nitrogens with one attached hydrogen (secondary N) is 1. The molecule has 0 spiro atoms. The normalized spacial score (nSPS) is 24.1. The molecular weight excluding hydrogens is 222 g/mol. The minimum absolute atomic E-state index is 0.433. The summed E-state index contributed by atoms with van der Waals surface area (Å²) in [5.41, 5.74) is 0.433. The Balaban J connectivity index is 1.97. The van der Waals surface area contributed by atoms with Crippen molar-refractivity contribution in [3.8, 4) is 0 Å². The number of anilines is 1. The molecule has 1 aromatic rings. The van der Waals surface area contributed by atoms with Crippen LogP contribution in [0.25, 0.3) is 0 Å². The van der Waals surface area contributed by atoms with Crippen molar-refractivity contribution in [1.29, 1.82) is 0 Å². The molecule has 16 heavy (non-hydrogen) atoms. The first-order chi connectivity index (χ1) is 7.55. The van der Waals surface area contributed by atoms with Gasteiger partial charge in [0.15, 0.2) is 0 Å². The predicted octanol–water partition coefficient (Wildman–Crippen LogP) is 3.51. The zero-order valence-corrected chi connectivity index (χ0v) is 10.6. The van der Waals surface area contributed by atoms with E-state index in [1.165, 1.54) is 25.7 Å². The first-order valence-electron chi connectivity index (χ1n) is 5.79. The van der Waals surface area contributed by atoms with Gasteiger partial charge in [-0.05, 0) is 24.7 Å².